The van der Waals surface area contributed by atoms with E-state index in [0.717, 1.165) is 16.8 Å². The fraction of sp³-hybridized carbons (Fsp3) is 0.250. The standard InChI is InChI=1S/C16H16BIO3/c1-12-4-2-3-5-16(12)19-10-15-11-20-17(21-15)13-6-8-14(18)9-7-13/h2-9,15H,10-11H2,1H3. The van der Waals surface area contributed by atoms with Crippen LogP contribution in [0.3, 0.4) is 0 Å². The molecule has 2 aromatic rings. The average Bonchev–Trinajstić information content (AvgIpc) is 2.96. The Morgan fingerprint density at radius 1 is 1.19 bits per heavy atom. The van der Waals surface area contributed by atoms with E-state index >= 15 is 0 Å². The number of hydrogen-bond acceptors (Lipinski definition) is 3. The van der Waals surface area contributed by atoms with E-state index in [2.05, 4.69) is 34.7 Å². The maximum atomic E-state index is 5.90. The van der Waals surface area contributed by atoms with Gasteiger partial charge in [-0.3, -0.25) is 0 Å². The minimum Gasteiger partial charge on any atom is -0.491 e. The van der Waals surface area contributed by atoms with Gasteiger partial charge in [-0.15, -0.1) is 0 Å². The van der Waals surface area contributed by atoms with Gasteiger partial charge < -0.3 is 14.0 Å². The molecule has 0 aromatic heterocycles. The van der Waals surface area contributed by atoms with Gasteiger partial charge in [0.05, 0.1) is 12.7 Å². The first kappa shape index (κ1) is 14.9. The highest BCUT2D eigenvalue weighted by Gasteiger charge is 2.33. The van der Waals surface area contributed by atoms with Crippen molar-refractivity contribution in [2.24, 2.45) is 0 Å². The van der Waals surface area contributed by atoms with Crippen molar-refractivity contribution in [3.8, 4) is 5.75 Å². The van der Waals surface area contributed by atoms with Crippen LogP contribution in [0.25, 0.3) is 0 Å². The number of benzene rings is 2. The van der Waals surface area contributed by atoms with Crippen molar-refractivity contribution >= 4 is 35.2 Å². The molecule has 21 heavy (non-hydrogen) atoms. The topological polar surface area (TPSA) is 27.7 Å². The average molecular weight is 394 g/mol. The van der Waals surface area contributed by atoms with Crippen molar-refractivity contribution in [1.82, 2.24) is 0 Å². The van der Waals surface area contributed by atoms with Gasteiger partial charge >= 0.3 is 7.12 Å². The zero-order valence-electron chi connectivity index (χ0n) is 11.8. The Hall–Kier alpha value is -1.05. The van der Waals surface area contributed by atoms with Crippen molar-refractivity contribution in [3.05, 3.63) is 57.7 Å². The van der Waals surface area contributed by atoms with Crippen molar-refractivity contribution < 1.29 is 14.0 Å². The fourth-order valence-electron chi connectivity index (χ4n) is 2.23. The molecule has 3 rings (SSSR count). The molecule has 1 unspecified atom stereocenters. The second-order valence-electron chi connectivity index (χ2n) is 5.05. The minimum atomic E-state index is -0.285. The van der Waals surface area contributed by atoms with E-state index in [1.807, 2.05) is 43.3 Å². The highest BCUT2D eigenvalue weighted by molar-refractivity contribution is 14.1. The van der Waals surface area contributed by atoms with Crippen molar-refractivity contribution in [1.29, 1.82) is 0 Å². The second-order valence-corrected chi connectivity index (χ2v) is 6.30. The van der Waals surface area contributed by atoms with Crippen LogP contribution in [0.1, 0.15) is 5.56 Å². The lowest BCUT2D eigenvalue weighted by Crippen LogP contribution is -2.33. The Kier molecular flexibility index (Phi) is 4.82. The van der Waals surface area contributed by atoms with E-state index < -0.39 is 0 Å². The van der Waals surface area contributed by atoms with Crippen LogP contribution < -0.4 is 10.2 Å². The van der Waals surface area contributed by atoms with Crippen molar-refractivity contribution in [3.63, 3.8) is 0 Å². The van der Waals surface area contributed by atoms with E-state index in [9.17, 15) is 0 Å². The maximum absolute atomic E-state index is 5.90. The first-order valence-electron chi connectivity index (χ1n) is 6.93. The van der Waals surface area contributed by atoms with E-state index in [1.54, 1.807) is 0 Å². The normalized spacial score (nSPS) is 18.0. The van der Waals surface area contributed by atoms with E-state index in [4.69, 9.17) is 14.0 Å². The third kappa shape index (κ3) is 3.78. The molecule has 0 saturated carbocycles. The molecule has 1 aliphatic rings. The molecule has 5 heteroatoms. The molecule has 0 radical (unpaired) electrons. The Morgan fingerprint density at radius 2 is 1.95 bits per heavy atom. The summed E-state index contributed by atoms with van der Waals surface area (Å²) in [4.78, 5) is 0. The first-order valence-corrected chi connectivity index (χ1v) is 8.01. The highest BCUT2D eigenvalue weighted by Crippen LogP contribution is 2.18. The van der Waals surface area contributed by atoms with E-state index in [-0.39, 0.29) is 13.2 Å². The van der Waals surface area contributed by atoms with Crippen LogP contribution in [0.2, 0.25) is 0 Å². The Balaban J connectivity index is 1.55. The van der Waals surface area contributed by atoms with Crippen molar-refractivity contribution in [2.75, 3.05) is 13.2 Å². The van der Waals surface area contributed by atoms with Crippen LogP contribution in [0.5, 0.6) is 5.75 Å². The second kappa shape index (κ2) is 6.81. The van der Waals surface area contributed by atoms with Crippen LogP contribution >= 0.6 is 22.6 Å². The molecular formula is C16H16BIO3. The molecule has 1 fully saturated rings. The quantitative estimate of drug-likeness (QED) is 0.590. The van der Waals surface area contributed by atoms with Crippen molar-refractivity contribution in [2.45, 2.75) is 13.0 Å². The summed E-state index contributed by atoms with van der Waals surface area (Å²) in [7, 11) is -0.285. The Morgan fingerprint density at radius 3 is 2.71 bits per heavy atom. The zero-order valence-corrected chi connectivity index (χ0v) is 13.9. The summed E-state index contributed by atoms with van der Waals surface area (Å²) in [6.45, 7) is 3.10. The summed E-state index contributed by atoms with van der Waals surface area (Å²) >= 11 is 2.28. The first-order chi connectivity index (χ1) is 10.2. The van der Waals surface area contributed by atoms with E-state index in [0.29, 0.717) is 13.2 Å². The summed E-state index contributed by atoms with van der Waals surface area (Å²) in [6, 6.07) is 16.2. The molecule has 0 bridgehead atoms. The number of ether oxygens (including phenoxy) is 1. The molecule has 0 amide bonds. The lowest BCUT2D eigenvalue weighted by molar-refractivity contribution is 0.147. The van der Waals surface area contributed by atoms with Crippen LogP contribution in [-0.4, -0.2) is 26.4 Å². The highest BCUT2D eigenvalue weighted by atomic mass is 127. The molecule has 108 valence electrons. The third-order valence-electron chi connectivity index (χ3n) is 3.41. The Labute approximate surface area is 138 Å². The number of halogens is 1. The third-order valence-corrected chi connectivity index (χ3v) is 4.13. The molecule has 1 heterocycles. The van der Waals surface area contributed by atoms with E-state index in [1.165, 1.54) is 3.57 Å². The molecule has 1 aliphatic heterocycles. The van der Waals surface area contributed by atoms with Gasteiger partial charge in [0.25, 0.3) is 0 Å². The van der Waals surface area contributed by atoms with Crippen LogP contribution in [0, 0.1) is 10.5 Å². The largest absolute Gasteiger partial charge is 0.494 e. The number of aryl methyl sites for hydroxylation is 1. The van der Waals surface area contributed by atoms with Gasteiger partial charge in [-0.1, -0.05) is 30.3 Å². The molecule has 1 saturated heterocycles. The van der Waals surface area contributed by atoms with Gasteiger partial charge in [-0.05, 0) is 58.7 Å². The van der Waals surface area contributed by atoms with Gasteiger partial charge in [0.15, 0.2) is 0 Å². The molecule has 2 aromatic carbocycles. The van der Waals surface area contributed by atoms with Gasteiger partial charge in [0, 0.05) is 3.57 Å². The molecule has 3 nitrogen and oxygen atoms in total. The maximum Gasteiger partial charge on any atom is 0.494 e. The van der Waals surface area contributed by atoms with Gasteiger partial charge in [-0.25, -0.2) is 0 Å². The summed E-state index contributed by atoms with van der Waals surface area (Å²) in [5, 5.41) is 0. The summed E-state index contributed by atoms with van der Waals surface area (Å²) in [5.41, 5.74) is 2.18. The number of para-hydroxylation sites is 1. The number of hydrogen-bond donors (Lipinski definition) is 0. The summed E-state index contributed by atoms with van der Waals surface area (Å²) < 4.78 is 18.6. The molecule has 0 spiro atoms. The lowest BCUT2D eigenvalue weighted by atomic mass is 9.79. The molecule has 1 atom stereocenters. The smallest absolute Gasteiger partial charge is 0.491 e. The predicted octanol–water partition coefficient (Wildman–Crippen LogP) is 2.79. The van der Waals surface area contributed by atoms with Crippen LogP contribution in [-0.2, 0) is 9.31 Å². The Bertz CT molecular complexity index is 603. The summed E-state index contributed by atoms with van der Waals surface area (Å²) in [5.74, 6) is 0.902. The summed E-state index contributed by atoms with van der Waals surface area (Å²) in [6.07, 6.45) is -0.0334. The lowest BCUT2D eigenvalue weighted by Gasteiger charge is -2.13. The van der Waals surface area contributed by atoms with Gasteiger partial charge in [-0.2, -0.15) is 0 Å². The zero-order chi connectivity index (χ0) is 14.7. The van der Waals surface area contributed by atoms with Crippen LogP contribution in [0.4, 0.5) is 0 Å². The molecule has 0 aliphatic carbocycles. The predicted molar refractivity (Wildman–Crippen MR) is 92.0 cm³/mol. The monoisotopic (exact) mass is 394 g/mol. The van der Waals surface area contributed by atoms with Gasteiger partial charge in [0.1, 0.15) is 12.4 Å². The fourth-order valence-corrected chi connectivity index (χ4v) is 2.59. The molecule has 0 N–H and O–H groups in total. The van der Waals surface area contributed by atoms with Gasteiger partial charge in [0.2, 0.25) is 0 Å². The minimum absolute atomic E-state index is 0.0334. The SMILES string of the molecule is Cc1ccccc1OCC1COB(c2ccc(I)cc2)O1. The van der Waals surface area contributed by atoms with Crippen LogP contribution in [0.15, 0.2) is 48.5 Å². The number of rotatable bonds is 4. The molecular weight excluding hydrogens is 378 g/mol.